The summed E-state index contributed by atoms with van der Waals surface area (Å²) < 4.78 is 0. The molecule has 2 N–H and O–H groups in total. The number of rotatable bonds is 5. The number of hydrogen-bond acceptors (Lipinski definition) is 3. The maximum absolute atomic E-state index is 11.3. The first-order valence-corrected chi connectivity index (χ1v) is 6.90. The summed E-state index contributed by atoms with van der Waals surface area (Å²) in [6.07, 6.45) is 1.08. The predicted octanol–water partition coefficient (Wildman–Crippen LogP) is 1.75. The molecule has 1 heterocycles. The van der Waals surface area contributed by atoms with Gasteiger partial charge in [-0.15, -0.1) is 0 Å². The number of anilines is 1. The number of fused-ring (bicyclic) bond motifs is 1. The number of benzene rings is 1. The van der Waals surface area contributed by atoms with E-state index in [9.17, 15) is 9.90 Å². The third kappa shape index (κ3) is 3.26. The van der Waals surface area contributed by atoms with Gasteiger partial charge in [-0.1, -0.05) is 32.0 Å². The highest BCUT2D eigenvalue weighted by Gasteiger charge is 2.26. The summed E-state index contributed by atoms with van der Waals surface area (Å²) in [5, 5.41) is 12.3. The Morgan fingerprint density at radius 1 is 1.53 bits per heavy atom. The summed E-state index contributed by atoms with van der Waals surface area (Å²) in [5.41, 5.74) is 2.51. The number of nitrogens with one attached hydrogen (secondary N) is 1. The van der Waals surface area contributed by atoms with Crippen LogP contribution in [-0.2, 0) is 11.2 Å². The van der Waals surface area contributed by atoms with Crippen LogP contribution in [-0.4, -0.2) is 36.8 Å². The van der Waals surface area contributed by atoms with Crippen LogP contribution >= 0.6 is 0 Å². The topological polar surface area (TPSA) is 52.6 Å². The second-order valence-corrected chi connectivity index (χ2v) is 5.29. The SMILES string of the molecule is CCNC(CN1CC(C)Cc2ccccc21)C(=O)O. The smallest absolute Gasteiger partial charge is 0.322 e. The van der Waals surface area contributed by atoms with E-state index in [-0.39, 0.29) is 0 Å². The van der Waals surface area contributed by atoms with Crippen molar-refractivity contribution in [3.05, 3.63) is 29.8 Å². The van der Waals surface area contributed by atoms with Crippen molar-refractivity contribution in [2.75, 3.05) is 24.5 Å². The molecule has 104 valence electrons. The molecule has 0 saturated carbocycles. The molecule has 4 heteroatoms. The van der Waals surface area contributed by atoms with Gasteiger partial charge in [0.25, 0.3) is 0 Å². The van der Waals surface area contributed by atoms with Crippen molar-refractivity contribution in [1.29, 1.82) is 0 Å². The lowest BCUT2D eigenvalue weighted by Crippen LogP contribution is -2.48. The molecule has 2 atom stereocenters. The van der Waals surface area contributed by atoms with E-state index < -0.39 is 12.0 Å². The Morgan fingerprint density at radius 3 is 2.95 bits per heavy atom. The minimum Gasteiger partial charge on any atom is -0.480 e. The van der Waals surface area contributed by atoms with E-state index in [1.165, 1.54) is 11.3 Å². The molecule has 0 fully saturated rings. The van der Waals surface area contributed by atoms with E-state index in [1.54, 1.807) is 0 Å². The average Bonchev–Trinajstić information content (AvgIpc) is 2.37. The monoisotopic (exact) mass is 262 g/mol. The lowest BCUT2D eigenvalue weighted by molar-refractivity contribution is -0.139. The van der Waals surface area contributed by atoms with Crippen LogP contribution in [0.5, 0.6) is 0 Å². The largest absolute Gasteiger partial charge is 0.480 e. The number of likely N-dealkylation sites (N-methyl/N-ethyl adjacent to an activating group) is 1. The first-order valence-electron chi connectivity index (χ1n) is 6.90. The zero-order chi connectivity index (χ0) is 13.8. The van der Waals surface area contributed by atoms with Gasteiger partial charge in [-0.05, 0) is 30.5 Å². The van der Waals surface area contributed by atoms with Crippen LogP contribution in [0.25, 0.3) is 0 Å². The van der Waals surface area contributed by atoms with E-state index in [4.69, 9.17) is 0 Å². The Balaban J connectivity index is 2.18. The van der Waals surface area contributed by atoms with Crippen LogP contribution in [0.15, 0.2) is 24.3 Å². The highest BCUT2D eigenvalue weighted by molar-refractivity contribution is 5.74. The van der Waals surface area contributed by atoms with Crippen LogP contribution in [0.2, 0.25) is 0 Å². The zero-order valence-electron chi connectivity index (χ0n) is 11.6. The second-order valence-electron chi connectivity index (χ2n) is 5.29. The number of carboxylic acid groups (broad SMARTS) is 1. The van der Waals surface area contributed by atoms with Crippen molar-refractivity contribution in [3.8, 4) is 0 Å². The van der Waals surface area contributed by atoms with Crippen LogP contribution < -0.4 is 10.2 Å². The molecule has 0 amide bonds. The molecule has 1 aliphatic rings. The molecule has 2 unspecified atom stereocenters. The average molecular weight is 262 g/mol. The maximum Gasteiger partial charge on any atom is 0.322 e. The Bertz CT molecular complexity index is 448. The van der Waals surface area contributed by atoms with Crippen LogP contribution in [0.1, 0.15) is 19.4 Å². The minimum atomic E-state index is -0.780. The van der Waals surface area contributed by atoms with Crippen LogP contribution in [0.3, 0.4) is 0 Å². The normalized spacial score (nSPS) is 19.9. The number of carbonyl (C=O) groups is 1. The lowest BCUT2D eigenvalue weighted by Gasteiger charge is -2.36. The maximum atomic E-state index is 11.3. The van der Waals surface area contributed by atoms with E-state index in [0.717, 1.165) is 13.0 Å². The number of nitrogens with zero attached hydrogens (tertiary/aromatic N) is 1. The summed E-state index contributed by atoms with van der Waals surface area (Å²) in [4.78, 5) is 13.5. The lowest BCUT2D eigenvalue weighted by atomic mass is 9.93. The van der Waals surface area contributed by atoms with E-state index >= 15 is 0 Å². The number of carboxylic acids is 1. The summed E-state index contributed by atoms with van der Waals surface area (Å²) in [6.45, 7) is 6.26. The number of hydrogen-bond donors (Lipinski definition) is 2. The van der Waals surface area contributed by atoms with Crippen molar-refractivity contribution in [2.24, 2.45) is 5.92 Å². The van der Waals surface area contributed by atoms with Gasteiger partial charge in [0.15, 0.2) is 0 Å². The molecular weight excluding hydrogens is 240 g/mol. The van der Waals surface area contributed by atoms with Gasteiger partial charge in [-0.2, -0.15) is 0 Å². The Labute approximate surface area is 114 Å². The molecule has 1 aliphatic heterocycles. The van der Waals surface area contributed by atoms with Crippen LogP contribution in [0, 0.1) is 5.92 Å². The minimum absolute atomic E-state index is 0.511. The highest BCUT2D eigenvalue weighted by Crippen LogP contribution is 2.29. The zero-order valence-corrected chi connectivity index (χ0v) is 11.6. The summed E-state index contributed by atoms with van der Waals surface area (Å²) >= 11 is 0. The van der Waals surface area contributed by atoms with E-state index in [2.05, 4.69) is 29.3 Å². The third-order valence-corrected chi connectivity index (χ3v) is 3.58. The summed E-state index contributed by atoms with van der Waals surface area (Å²) in [5.74, 6) is -0.219. The molecule has 2 rings (SSSR count). The van der Waals surface area contributed by atoms with Gasteiger partial charge >= 0.3 is 5.97 Å². The fraction of sp³-hybridized carbons (Fsp3) is 0.533. The fourth-order valence-electron chi connectivity index (χ4n) is 2.78. The van der Waals surface area contributed by atoms with E-state index in [1.807, 2.05) is 19.1 Å². The van der Waals surface area contributed by atoms with Gasteiger partial charge in [0.1, 0.15) is 6.04 Å². The predicted molar refractivity (Wildman–Crippen MR) is 76.6 cm³/mol. The van der Waals surface area contributed by atoms with Gasteiger partial charge in [-0.3, -0.25) is 4.79 Å². The van der Waals surface area contributed by atoms with Gasteiger partial charge in [-0.25, -0.2) is 0 Å². The molecule has 4 nitrogen and oxygen atoms in total. The Hall–Kier alpha value is -1.55. The second kappa shape index (κ2) is 6.06. The first kappa shape index (κ1) is 13.9. The van der Waals surface area contributed by atoms with Crippen molar-refractivity contribution < 1.29 is 9.90 Å². The fourth-order valence-corrected chi connectivity index (χ4v) is 2.78. The molecule has 0 aliphatic carbocycles. The van der Waals surface area contributed by atoms with Gasteiger partial charge in [0.2, 0.25) is 0 Å². The summed E-state index contributed by atoms with van der Waals surface area (Å²) in [6, 6.07) is 7.79. The summed E-state index contributed by atoms with van der Waals surface area (Å²) in [7, 11) is 0. The molecule has 0 bridgehead atoms. The highest BCUT2D eigenvalue weighted by atomic mass is 16.4. The van der Waals surface area contributed by atoms with Crippen molar-refractivity contribution >= 4 is 11.7 Å². The number of para-hydroxylation sites is 1. The van der Waals surface area contributed by atoms with Gasteiger partial charge in [0.05, 0.1) is 0 Å². The molecule has 1 aromatic carbocycles. The molecule has 0 radical (unpaired) electrons. The van der Waals surface area contributed by atoms with Crippen molar-refractivity contribution in [2.45, 2.75) is 26.3 Å². The first-order chi connectivity index (χ1) is 9.11. The third-order valence-electron chi connectivity index (χ3n) is 3.58. The quantitative estimate of drug-likeness (QED) is 0.849. The molecule has 0 aromatic heterocycles. The Kier molecular flexibility index (Phi) is 4.43. The Morgan fingerprint density at radius 2 is 2.26 bits per heavy atom. The van der Waals surface area contributed by atoms with Crippen molar-refractivity contribution in [1.82, 2.24) is 5.32 Å². The molecule has 0 spiro atoms. The molecule has 19 heavy (non-hydrogen) atoms. The van der Waals surface area contributed by atoms with E-state index in [0.29, 0.717) is 19.0 Å². The number of aliphatic carboxylic acids is 1. The van der Waals surface area contributed by atoms with Crippen molar-refractivity contribution in [3.63, 3.8) is 0 Å². The molecule has 1 aromatic rings. The molecule has 0 saturated heterocycles. The van der Waals surface area contributed by atoms with Crippen LogP contribution in [0.4, 0.5) is 5.69 Å². The van der Waals surface area contributed by atoms with Gasteiger partial charge in [0, 0.05) is 18.8 Å². The standard InChI is InChI=1S/C15H22N2O2/c1-3-16-13(15(18)19)10-17-9-11(2)8-12-6-4-5-7-14(12)17/h4-7,11,13,16H,3,8-10H2,1-2H3,(H,18,19). The van der Waals surface area contributed by atoms with Gasteiger partial charge < -0.3 is 15.3 Å². The molecular formula is C15H22N2O2.